The summed E-state index contributed by atoms with van der Waals surface area (Å²) in [6.45, 7) is 0.694. The molecule has 23 heavy (non-hydrogen) atoms. The normalized spacial score (nSPS) is 14.1. The van der Waals surface area contributed by atoms with E-state index < -0.39 is 0 Å². The van der Waals surface area contributed by atoms with Gasteiger partial charge in [0, 0.05) is 31.0 Å². The number of ether oxygens (including phenoxy) is 1. The Kier molecular flexibility index (Phi) is 5.28. The molecule has 1 aromatic carbocycles. The molecule has 124 valence electrons. The minimum Gasteiger partial charge on any atom is -0.497 e. The van der Waals surface area contributed by atoms with Crippen LogP contribution in [0.25, 0.3) is 0 Å². The molecule has 1 amide bonds. The van der Waals surface area contributed by atoms with Crippen LogP contribution in [0.15, 0.2) is 30.6 Å². The number of carbonyl (C=O) groups is 1. The Labute approximate surface area is 141 Å². The van der Waals surface area contributed by atoms with E-state index >= 15 is 0 Å². The highest BCUT2D eigenvalue weighted by atomic mass is 35.5. The Morgan fingerprint density at radius 3 is 2.83 bits per heavy atom. The molecule has 7 heteroatoms. The quantitative estimate of drug-likeness (QED) is 0.923. The van der Waals surface area contributed by atoms with Crippen molar-refractivity contribution in [3.8, 4) is 5.75 Å². The van der Waals surface area contributed by atoms with E-state index in [1.165, 1.54) is 0 Å². The van der Waals surface area contributed by atoms with Crippen LogP contribution in [-0.2, 0) is 18.3 Å². The van der Waals surface area contributed by atoms with E-state index in [0.717, 1.165) is 29.0 Å². The Bertz CT molecular complexity index is 701. The number of nitrogens with one attached hydrogen (secondary N) is 1. The number of rotatable bonds is 4. The summed E-state index contributed by atoms with van der Waals surface area (Å²) in [6.07, 6.45) is 4.44. The van der Waals surface area contributed by atoms with E-state index in [1.807, 2.05) is 36.3 Å². The zero-order chi connectivity index (χ0) is 15.7. The second-order valence-electron chi connectivity index (χ2n) is 5.40. The molecular formula is C16H21ClN4O2. The molecule has 0 saturated carbocycles. The molecule has 0 fully saturated rings. The number of hydrogen-bond acceptors (Lipinski definition) is 4. The summed E-state index contributed by atoms with van der Waals surface area (Å²) in [5.74, 6) is 0.866. The maximum Gasteiger partial charge on any atom is 0.248 e. The van der Waals surface area contributed by atoms with Crippen LogP contribution in [0.5, 0.6) is 5.75 Å². The van der Waals surface area contributed by atoms with Crippen molar-refractivity contribution in [2.24, 2.45) is 7.05 Å². The number of likely N-dealkylation sites (N-methyl/N-ethyl adjacent to an activating group) is 1. The van der Waals surface area contributed by atoms with Gasteiger partial charge >= 0.3 is 0 Å². The lowest BCUT2D eigenvalue weighted by atomic mass is 10.1. The lowest BCUT2D eigenvalue weighted by Crippen LogP contribution is -2.38. The summed E-state index contributed by atoms with van der Waals surface area (Å²) < 4.78 is 6.95. The third kappa shape index (κ3) is 3.18. The zero-order valence-electron chi connectivity index (χ0n) is 13.4. The maximum atomic E-state index is 12.9. The van der Waals surface area contributed by atoms with Gasteiger partial charge in [-0.1, -0.05) is 0 Å². The minimum absolute atomic E-state index is 0. The number of carbonyl (C=O) groups excluding carboxylic acids is 1. The molecule has 1 N–H and O–H groups in total. The van der Waals surface area contributed by atoms with Crippen molar-refractivity contribution >= 4 is 24.0 Å². The zero-order valence-corrected chi connectivity index (χ0v) is 14.3. The largest absolute Gasteiger partial charge is 0.497 e. The molecule has 1 aliphatic rings. The fraction of sp³-hybridized carbons (Fsp3) is 0.375. The monoisotopic (exact) mass is 336 g/mol. The number of halogens is 1. The lowest BCUT2D eigenvalue weighted by molar-refractivity contribution is -0.120. The van der Waals surface area contributed by atoms with Crippen LogP contribution < -0.4 is 15.0 Å². The topological polar surface area (TPSA) is 59.4 Å². The number of anilines is 1. The first kappa shape index (κ1) is 17.3. The van der Waals surface area contributed by atoms with Gasteiger partial charge in [-0.15, -0.1) is 12.4 Å². The molecule has 0 spiro atoms. The number of hydrogen-bond donors (Lipinski definition) is 1. The van der Waals surface area contributed by atoms with Crippen LogP contribution in [0.4, 0.5) is 5.69 Å². The molecule has 1 aliphatic heterocycles. The summed E-state index contributed by atoms with van der Waals surface area (Å²) in [6, 6.07) is 5.46. The highest BCUT2D eigenvalue weighted by Gasteiger charge is 2.31. The number of methoxy groups -OCH3 is 1. The maximum absolute atomic E-state index is 12.9. The fourth-order valence-electron chi connectivity index (χ4n) is 2.91. The molecule has 0 aliphatic carbocycles. The number of aryl methyl sites for hydroxylation is 1. The Morgan fingerprint density at radius 1 is 1.43 bits per heavy atom. The summed E-state index contributed by atoms with van der Waals surface area (Å²) in [7, 11) is 5.29. The Morgan fingerprint density at radius 2 is 2.22 bits per heavy atom. The molecule has 1 unspecified atom stereocenters. The van der Waals surface area contributed by atoms with Gasteiger partial charge < -0.3 is 15.0 Å². The third-order valence-electron chi connectivity index (χ3n) is 4.04. The standard InChI is InChI=1S/C16H20N4O2.ClH/c1-17-15(12-9-18-19(2)10-12)16(21)20-7-6-11-8-13(22-3)4-5-14(11)20;/h4-5,8-10,15,17H,6-7H2,1-3H3;1H. The van der Waals surface area contributed by atoms with Gasteiger partial charge in [-0.25, -0.2) is 0 Å². The van der Waals surface area contributed by atoms with Gasteiger partial charge in [0.2, 0.25) is 5.91 Å². The van der Waals surface area contributed by atoms with Crippen molar-refractivity contribution in [3.05, 3.63) is 41.7 Å². The summed E-state index contributed by atoms with van der Waals surface area (Å²) in [4.78, 5) is 14.7. The first-order valence-electron chi connectivity index (χ1n) is 7.28. The Balaban J connectivity index is 0.00000192. The smallest absolute Gasteiger partial charge is 0.248 e. The van der Waals surface area contributed by atoms with Crippen molar-refractivity contribution < 1.29 is 9.53 Å². The summed E-state index contributed by atoms with van der Waals surface area (Å²) >= 11 is 0. The SMILES string of the molecule is CNC(C(=O)N1CCc2cc(OC)ccc21)c1cnn(C)c1.Cl. The van der Waals surface area contributed by atoms with Crippen molar-refractivity contribution in [1.29, 1.82) is 0 Å². The summed E-state index contributed by atoms with van der Waals surface area (Å²) in [5, 5.41) is 7.24. The van der Waals surface area contributed by atoms with Crippen molar-refractivity contribution in [2.45, 2.75) is 12.5 Å². The molecule has 0 bridgehead atoms. The molecule has 0 radical (unpaired) electrons. The highest BCUT2D eigenvalue weighted by Crippen LogP contribution is 2.33. The van der Waals surface area contributed by atoms with E-state index in [-0.39, 0.29) is 24.4 Å². The summed E-state index contributed by atoms with van der Waals surface area (Å²) in [5.41, 5.74) is 2.99. The second kappa shape index (κ2) is 7.02. The number of nitrogens with zero attached hydrogens (tertiary/aromatic N) is 3. The number of aromatic nitrogens is 2. The first-order valence-corrected chi connectivity index (χ1v) is 7.28. The van der Waals surface area contributed by atoms with Gasteiger partial charge in [0.1, 0.15) is 11.8 Å². The average Bonchev–Trinajstić information content (AvgIpc) is 3.13. The van der Waals surface area contributed by atoms with Crippen LogP contribution in [0.1, 0.15) is 17.2 Å². The Hall–Kier alpha value is -2.05. The minimum atomic E-state index is -0.387. The van der Waals surface area contributed by atoms with Gasteiger partial charge in [0.15, 0.2) is 0 Å². The van der Waals surface area contributed by atoms with E-state index in [2.05, 4.69) is 10.4 Å². The predicted molar refractivity (Wildman–Crippen MR) is 91.3 cm³/mol. The molecule has 6 nitrogen and oxygen atoms in total. The van der Waals surface area contributed by atoms with Crippen LogP contribution in [0.3, 0.4) is 0 Å². The van der Waals surface area contributed by atoms with Gasteiger partial charge in [0.05, 0.1) is 13.3 Å². The van der Waals surface area contributed by atoms with Crippen LogP contribution >= 0.6 is 12.4 Å². The van der Waals surface area contributed by atoms with Gasteiger partial charge in [-0.05, 0) is 37.2 Å². The number of benzene rings is 1. The highest BCUT2D eigenvalue weighted by molar-refractivity contribution is 5.99. The van der Waals surface area contributed by atoms with Gasteiger partial charge in [0.25, 0.3) is 0 Å². The van der Waals surface area contributed by atoms with Crippen LogP contribution in [0, 0.1) is 0 Å². The number of amides is 1. The molecular weight excluding hydrogens is 316 g/mol. The molecule has 1 aromatic heterocycles. The predicted octanol–water partition coefficient (Wildman–Crippen LogP) is 1.70. The second-order valence-corrected chi connectivity index (χ2v) is 5.40. The molecule has 2 aromatic rings. The van der Waals surface area contributed by atoms with Crippen LogP contribution in [0.2, 0.25) is 0 Å². The lowest BCUT2D eigenvalue weighted by Gasteiger charge is -2.23. The van der Waals surface area contributed by atoms with E-state index in [0.29, 0.717) is 6.54 Å². The van der Waals surface area contributed by atoms with Crippen molar-refractivity contribution in [1.82, 2.24) is 15.1 Å². The third-order valence-corrected chi connectivity index (χ3v) is 4.04. The fourth-order valence-corrected chi connectivity index (χ4v) is 2.91. The van der Waals surface area contributed by atoms with Gasteiger partial charge in [-0.3, -0.25) is 9.48 Å². The molecule has 2 heterocycles. The van der Waals surface area contributed by atoms with E-state index in [4.69, 9.17) is 4.74 Å². The van der Waals surface area contributed by atoms with Crippen molar-refractivity contribution in [3.63, 3.8) is 0 Å². The first-order chi connectivity index (χ1) is 10.6. The van der Waals surface area contributed by atoms with E-state index in [9.17, 15) is 4.79 Å². The van der Waals surface area contributed by atoms with Crippen molar-refractivity contribution in [2.75, 3.05) is 25.6 Å². The molecule has 1 atom stereocenters. The van der Waals surface area contributed by atoms with E-state index in [1.54, 1.807) is 25.0 Å². The number of fused-ring (bicyclic) bond motifs is 1. The van der Waals surface area contributed by atoms with Crippen LogP contribution in [-0.4, -0.2) is 36.4 Å². The molecule has 0 saturated heterocycles. The average molecular weight is 337 g/mol. The van der Waals surface area contributed by atoms with Gasteiger partial charge in [-0.2, -0.15) is 5.10 Å². The molecule has 3 rings (SSSR count).